The largest absolute Gasteiger partial charge is 0.480 e. The average Bonchev–Trinajstić information content (AvgIpc) is 1.99. The van der Waals surface area contributed by atoms with Gasteiger partial charge in [0, 0.05) is 6.42 Å². The van der Waals surface area contributed by atoms with E-state index in [2.05, 4.69) is 5.32 Å². The van der Waals surface area contributed by atoms with E-state index in [4.69, 9.17) is 5.11 Å². The maximum atomic E-state index is 11.2. The van der Waals surface area contributed by atoms with Gasteiger partial charge in [-0.15, -0.1) is 0 Å². The SMILES string of the molecule is C[C@H](NC(=O)CCC(C)(C)C)C(=O)O. The molecular formula is C10H19NO3. The first-order valence-corrected chi connectivity index (χ1v) is 4.74. The fourth-order valence-corrected chi connectivity index (χ4v) is 0.864. The summed E-state index contributed by atoms with van der Waals surface area (Å²) < 4.78 is 0. The highest BCUT2D eigenvalue weighted by molar-refractivity contribution is 5.83. The van der Waals surface area contributed by atoms with E-state index in [0.29, 0.717) is 6.42 Å². The highest BCUT2D eigenvalue weighted by atomic mass is 16.4. The summed E-state index contributed by atoms with van der Waals surface area (Å²) in [6.07, 6.45) is 1.13. The van der Waals surface area contributed by atoms with Crippen LogP contribution in [0.2, 0.25) is 0 Å². The summed E-state index contributed by atoms with van der Waals surface area (Å²) in [6, 6.07) is -0.803. The smallest absolute Gasteiger partial charge is 0.325 e. The average molecular weight is 201 g/mol. The van der Waals surface area contributed by atoms with E-state index >= 15 is 0 Å². The van der Waals surface area contributed by atoms with Crippen molar-refractivity contribution in [3.63, 3.8) is 0 Å². The molecule has 0 aliphatic carbocycles. The number of amides is 1. The van der Waals surface area contributed by atoms with Crippen molar-refractivity contribution >= 4 is 11.9 Å². The van der Waals surface area contributed by atoms with E-state index in [1.54, 1.807) is 0 Å². The Kier molecular flexibility index (Phi) is 4.60. The normalized spacial score (nSPS) is 13.4. The number of hydrogen-bond acceptors (Lipinski definition) is 2. The number of rotatable bonds is 4. The fourth-order valence-electron chi connectivity index (χ4n) is 0.864. The second-order valence-electron chi connectivity index (χ2n) is 4.69. The van der Waals surface area contributed by atoms with Crippen molar-refractivity contribution in [1.29, 1.82) is 0 Å². The molecule has 0 radical (unpaired) electrons. The van der Waals surface area contributed by atoms with Gasteiger partial charge in [0.2, 0.25) is 5.91 Å². The van der Waals surface area contributed by atoms with Crippen molar-refractivity contribution in [2.75, 3.05) is 0 Å². The third-order valence-electron chi connectivity index (χ3n) is 1.85. The van der Waals surface area contributed by atoms with E-state index in [1.165, 1.54) is 6.92 Å². The van der Waals surface area contributed by atoms with Crippen LogP contribution in [0.25, 0.3) is 0 Å². The van der Waals surface area contributed by atoms with Gasteiger partial charge in [-0.3, -0.25) is 9.59 Å². The Hall–Kier alpha value is -1.06. The molecule has 0 aromatic heterocycles. The van der Waals surface area contributed by atoms with Crippen LogP contribution in [0, 0.1) is 5.41 Å². The first-order valence-electron chi connectivity index (χ1n) is 4.74. The van der Waals surface area contributed by atoms with E-state index in [0.717, 1.165) is 6.42 Å². The molecule has 0 unspecified atom stereocenters. The summed E-state index contributed by atoms with van der Waals surface area (Å²) in [5, 5.41) is 11.0. The second-order valence-corrected chi connectivity index (χ2v) is 4.69. The molecule has 0 rings (SSSR count). The molecule has 0 aromatic carbocycles. The van der Waals surface area contributed by atoms with Crippen LogP contribution in [-0.2, 0) is 9.59 Å². The van der Waals surface area contributed by atoms with Crippen molar-refractivity contribution in [2.24, 2.45) is 5.41 Å². The number of carbonyl (C=O) groups excluding carboxylic acids is 1. The molecule has 0 heterocycles. The van der Waals surface area contributed by atoms with Crippen molar-refractivity contribution in [1.82, 2.24) is 5.32 Å². The Balaban J connectivity index is 3.83. The molecule has 14 heavy (non-hydrogen) atoms. The summed E-state index contributed by atoms with van der Waals surface area (Å²) in [5.74, 6) is -1.20. The Bertz CT molecular complexity index is 218. The number of carboxylic acids is 1. The molecule has 2 N–H and O–H groups in total. The molecule has 0 spiro atoms. The van der Waals surface area contributed by atoms with E-state index in [9.17, 15) is 9.59 Å². The highest BCUT2D eigenvalue weighted by Crippen LogP contribution is 2.20. The second kappa shape index (κ2) is 4.98. The van der Waals surface area contributed by atoms with Crippen LogP contribution in [0.15, 0.2) is 0 Å². The van der Waals surface area contributed by atoms with Crippen molar-refractivity contribution in [3.05, 3.63) is 0 Å². The third-order valence-corrected chi connectivity index (χ3v) is 1.85. The van der Waals surface area contributed by atoms with Gasteiger partial charge in [0.15, 0.2) is 0 Å². The lowest BCUT2D eigenvalue weighted by Gasteiger charge is -2.17. The van der Waals surface area contributed by atoms with Gasteiger partial charge in [-0.2, -0.15) is 0 Å². The zero-order valence-electron chi connectivity index (χ0n) is 9.26. The molecule has 4 nitrogen and oxygen atoms in total. The van der Waals surface area contributed by atoms with Crippen molar-refractivity contribution in [2.45, 2.75) is 46.6 Å². The zero-order valence-corrected chi connectivity index (χ0v) is 9.26. The number of carboxylic acid groups (broad SMARTS) is 1. The lowest BCUT2D eigenvalue weighted by Crippen LogP contribution is -2.38. The summed E-state index contributed by atoms with van der Waals surface area (Å²) in [4.78, 5) is 21.7. The lowest BCUT2D eigenvalue weighted by molar-refractivity contribution is -0.141. The molecule has 1 amide bonds. The van der Waals surface area contributed by atoms with Crippen LogP contribution in [0.3, 0.4) is 0 Å². The minimum Gasteiger partial charge on any atom is -0.480 e. The maximum Gasteiger partial charge on any atom is 0.325 e. The van der Waals surface area contributed by atoms with Crippen molar-refractivity contribution < 1.29 is 14.7 Å². The molecule has 0 saturated heterocycles. The standard InChI is InChI=1S/C10H19NO3/c1-7(9(13)14)11-8(12)5-6-10(2,3)4/h7H,5-6H2,1-4H3,(H,11,12)(H,13,14)/t7-/m0/s1. The predicted octanol–water partition coefficient (Wildman–Crippen LogP) is 1.40. The predicted molar refractivity (Wildman–Crippen MR) is 53.9 cm³/mol. The van der Waals surface area contributed by atoms with Crippen LogP contribution in [0.4, 0.5) is 0 Å². The Morgan fingerprint density at radius 1 is 1.36 bits per heavy atom. The van der Waals surface area contributed by atoms with Gasteiger partial charge in [0.25, 0.3) is 0 Å². The molecule has 82 valence electrons. The van der Waals surface area contributed by atoms with Crippen LogP contribution < -0.4 is 5.32 Å². The van der Waals surface area contributed by atoms with E-state index in [-0.39, 0.29) is 11.3 Å². The first kappa shape index (κ1) is 12.9. The Morgan fingerprint density at radius 3 is 2.21 bits per heavy atom. The number of hydrogen-bond donors (Lipinski definition) is 2. The minimum atomic E-state index is -1.01. The van der Waals surface area contributed by atoms with E-state index < -0.39 is 12.0 Å². The van der Waals surface area contributed by atoms with E-state index in [1.807, 2.05) is 20.8 Å². The summed E-state index contributed by atoms with van der Waals surface area (Å²) in [7, 11) is 0. The molecule has 0 aliphatic rings. The van der Waals surface area contributed by atoms with Crippen LogP contribution in [0.1, 0.15) is 40.5 Å². The van der Waals surface area contributed by atoms with Gasteiger partial charge in [-0.1, -0.05) is 20.8 Å². The highest BCUT2D eigenvalue weighted by Gasteiger charge is 2.16. The Morgan fingerprint density at radius 2 is 1.86 bits per heavy atom. The molecule has 4 heteroatoms. The molecule has 0 bridgehead atoms. The maximum absolute atomic E-state index is 11.2. The first-order chi connectivity index (χ1) is 6.22. The monoisotopic (exact) mass is 201 g/mol. The summed E-state index contributed by atoms with van der Waals surface area (Å²) in [6.45, 7) is 7.58. The van der Waals surface area contributed by atoms with Crippen LogP contribution in [-0.4, -0.2) is 23.0 Å². The lowest BCUT2D eigenvalue weighted by atomic mass is 9.90. The topological polar surface area (TPSA) is 66.4 Å². The summed E-state index contributed by atoms with van der Waals surface area (Å²) in [5.41, 5.74) is 0.101. The van der Waals surface area contributed by atoms with Crippen LogP contribution in [0.5, 0.6) is 0 Å². The molecule has 0 fully saturated rings. The molecule has 0 aliphatic heterocycles. The van der Waals surface area contributed by atoms with Gasteiger partial charge in [-0.25, -0.2) is 0 Å². The fraction of sp³-hybridized carbons (Fsp3) is 0.800. The van der Waals surface area contributed by atoms with Gasteiger partial charge < -0.3 is 10.4 Å². The molecule has 0 saturated carbocycles. The third kappa shape index (κ3) is 6.46. The van der Waals surface area contributed by atoms with Gasteiger partial charge in [0.1, 0.15) is 6.04 Å². The number of nitrogens with one attached hydrogen (secondary N) is 1. The molecular weight excluding hydrogens is 182 g/mol. The van der Waals surface area contributed by atoms with Gasteiger partial charge in [0.05, 0.1) is 0 Å². The molecule has 1 atom stereocenters. The van der Waals surface area contributed by atoms with Crippen LogP contribution >= 0.6 is 0 Å². The minimum absolute atomic E-state index is 0.101. The zero-order chi connectivity index (χ0) is 11.4. The molecule has 0 aromatic rings. The number of carbonyl (C=O) groups is 2. The summed E-state index contributed by atoms with van der Waals surface area (Å²) >= 11 is 0. The Labute approximate surface area is 84.7 Å². The van der Waals surface area contributed by atoms with Crippen molar-refractivity contribution in [3.8, 4) is 0 Å². The van der Waals surface area contributed by atoms with Gasteiger partial charge in [-0.05, 0) is 18.8 Å². The number of aliphatic carboxylic acids is 1. The van der Waals surface area contributed by atoms with Gasteiger partial charge >= 0.3 is 5.97 Å². The quantitative estimate of drug-likeness (QED) is 0.722.